The molecule has 0 aliphatic rings. The molecule has 2 rings (SSSR count). The van der Waals surface area contributed by atoms with Crippen molar-refractivity contribution in [1.82, 2.24) is 5.43 Å². The zero-order valence-electron chi connectivity index (χ0n) is 16.5. The fourth-order valence-electron chi connectivity index (χ4n) is 2.49. The summed E-state index contributed by atoms with van der Waals surface area (Å²) in [6, 6.07) is 9.86. The second-order valence-corrected chi connectivity index (χ2v) is 7.05. The summed E-state index contributed by atoms with van der Waals surface area (Å²) in [4.78, 5) is 23.0. The Hall–Kier alpha value is -3.42. The van der Waals surface area contributed by atoms with E-state index in [0.717, 1.165) is 5.56 Å². The molecule has 2 aromatic rings. The van der Waals surface area contributed by atoms with Crippen LogP contribution in [0.3, 0.4) is 0 Å². The van der Waals surface area contributed by atoms with Gasteiger partial charge in [0.15, 0.2) is 11.5 Å². The van der Waals surface area contributed by atoms with Crippen LogP contribution in [0.1, 0.15) is 42.3 Å². The predicted octanol–water partition coefficient (Wildman–Crippen LogP) is 3.67. The molecule has 0 spiro atoms. The second kappa shape index (κ2) is 8.51. The summed E-state index contributed by atoms with van der Waals surface area (Å²) in [5.74, 6) is 0.132. The zero-order chi connectivity index (χ0) is 20.9. The largest absolute Gasteiger partial charge is 0.493 e. The lowest BCUT2D eigenvalue weighted by Crippen LogP contribution is -2.18. The molecule has 0 aliphatic heterocycles. The van der Waals surface area contributed by atoms with Gasteiger partial charge in [0.2, 0.25) is 0 Å². The lowest BCUT2D eigenvalue weighted by atomic mass is 9.87. The number of methoxy groups -OCH3 is 2. The molecule has 0 atom stereocenters. The highest BCUT2D eigenvalue weighted by molar-refractivity contribution is 5.95. The maximum atomic E-state index is 12.2. The lowest BCUT2D eigenvalue weighted by Gasteiger charge is -2.18. The molecule has 0 radical (unpaired) electrons. The Balaban J connectivity index is 2.19. The quantitative estimate of drug-likeness (QED) is 0.464. The molecule has 0 fully saturated rings. The summed E-state index contributed by atoms with van der Waals surface area (Å²) in [6.07, 6.45) is 1.20. The van der Waals surface area contributed by atoms with Crippen molar-refractivity contribution in [1.29, 1.82) is 0 Å². The minimum absolute atomic E-state index is 0.0144. The van der Waals surface area contributed by atoms with Crippen LogP contribution in [0.4, 0.5) is 5.69 Å². The minimum Gasteiger partial charge on any atom is -0.493 e. The number of amides is 1. The van der Waals surface area contributed by atoms with Gasteiger partial charge in [-0.3, -0.25) is 14.9 Å². The monoisotopic (exact) mass is 385 g/mol. The first-order valence-corrected chi connectivity index (χ1v) is 8.51. The smallest absolute Gasteiger partial charge is 0.282 e. The molecule has 0 aliphatic carbocycles. The SMILES string of the molecule is COc1cc(/C=N\NC(=O)c2ccc(C(C)(C)C)cc2)c([N+](=O)[O-])cc1OC. The summed E-state index contributed by atoms with van der Waals surface area (Å²) >= 11 is 0. The van der Waals surface area contributed by atoms with Gasteiger partial charge >= 0.3 is 0 Å². The summed E-state index contributed by atoms with van der Waals surface area (Å²) in [6.45, 7) is 6.26. The van der Waals surface area contributed by atoms with E-state index >= 15 is 0 Å². The number of hydrazone groups is 1. The summed E-state index contributed by atoms with van der Waals surface area (Å²) < 4.78 is 10.2. The number of nitro benzene ring substituents is 1. The molecule has 2 aromatic carbocycles. The molecule has 1 N–H and O–H groups in total. The van der Waals surface area contributed by atoms with Crippen molar-refractivity contribution in [2.75, 3.05) is 14.2 Å². The Kier molecular flexibility index (Phi) is 6.35. The van der Waals surface area contributed by atoms with Crippen LogP contribution in [0.15, 0.2) is 41.5 Å². The van der Waals surface area contributed by atoms with Crippen molar-refractivity contribution < 1.29 is 19.2 Å². The average Bonchev–Trinajstić information content (AvgIpc) is 2.66. The minimum atomic E-state index is -0.559. The number of benzene rings is 2. The highest BCUT2D eigenvalue weighted by Crippen LogP contribution is 2.33. The van der Waals surface area contributed by atoms with Crippen LogP contribution in [0.5, 0.6) is 11.5 Å². The second-order valence-electron chi connectivity index (χ2n) is 7.05. The number of ether oxygens (including phenoxy) is 2. The van der Waals surface area contributed by atoms with Gasteiger partial charge < -0.3 is 9.47 Å². The molecule has 0 saturated heterocycles. The number of hydrogen-bond donors (Lipinski definition) is 1. The van der Waals surface area contributed by atoms with E-state index in [4.69, 9.17) is 9.47 Å². The number of carbonyl (C=O) groups excluding carboxylic acids is 1. The molecule has 148 valence electrons. The van der Waals surface area contributed by atoms with Gasteiger partial charge in [-0.15, -0.1) is 0 Å². The summed E-state index contributed by atoms with van der Waals surface area (Å²) in [5.41, 5.74) is 3.86. The molecule has 0 unspecified atom stereocenters. The molecule has 0 saturated carbocycles. The van der Waals surface area contributed by atoms with Crippen molar-refractivity contribution >= 4 is 17.8 Å². The van der Waals surface area contributed by atoms with Gasteiger partial charge in [0, 0.05) is 5.56 Å². The predicted molar refractivity (Wildman–Crippen MR) is 106 cm³/mol. The van der Waals surface area contributed by atoms with Crippen molar-refractivity contribution in [2.45, 2.75) is 26.2 Å². The first-order chi connectivity index (χ1) is 13.2. The Morgan fingerprint density at radius 1 is 1.11 bits per heavy atom. The molecule has 28 heavy (non-hydrogen) atoms. The summed E-state index contributed by atoms with van der Waals surface area (Å²) in [7, 11) is 2.81. The fraction of sp³-hybridized carbons (Fsp3) is 0.300. The van der Waals surface area contributed by atoms with Gasteiger partial charge in [-0.05, 0) is 29.2 Å². The maximum absolute atomic E-state index is 12.2. The van der Waals surface area contributed by atoms with Crippen LogP contribution in [0.25, 0.3) is 0 Å². The van der Waals surface area contributed by atoms with Crippen LogP contribution >= 0.6 is 0 Å². The van der Waals surface area contributed by atoms with E-state index in [-0.39, 0.29) is 22.4 Å². The molecule has 0 heterocycles. The molecule has 8 nitrogen and oxygen atoms in total. The van der Waals surface area contributed by atoms with Crippen LogP contribution in [0.2, 0.25) is 0 Å². The van der Waals surface area contributed by atoms with Gasteiger partial charge in [-0.25, -0.2) is 5.43 Å². The number of rotatable bonds is 6. The highest BCUT2D eigenvalue weighted by Gasteiger charge is 2.18. The number of nitro groups is 1. The van der Waals surface area contributed by atoms with E-state index in [1.165, 1.54) is 32.6 Å². The van der Waals surface area contributed by atoms with E-state index in [2.05, 4.69) is 31.3 Å². The Morgan fingerprint density at radius 2 is 1.68 bits per heavy atom. The Labute approximate surface area is 163 Å². The lowest BCUT2D eigenvalue weighted by molar-refractivity contribution is -0.385. The van der Waals surface area contributed by atoms with Gasteiger partial charge in [0.1, 0.15) is 0 Å². The van der Waals surface area contributed by atoms with Crippen molar-refractivity contribution in [3.63, 3.8) is 0 Å². The van der Waals surface area contributed by atoms with Crippen LogP contribution in [-0.4, -0.2) is 31.3 Å². The molecule has 0 bridgehead atoms. The van der Waals surface area contributed by atoms with E-state index in [9.17, 15) is 14.9 Å². The van der Waals surface area contributed by atoms with Gasteiger partial charge in [-0.1, -0.05) is 32.9 Å². The van der Waals surface area contributed by atoms with Gasteiger partial charge in [0.25, 0.3) is 11.6 Å². The standard InChI is InChI=1S/C20H23N3O5/c1-20(2,3)15-8-6-13(7-9-15)19(24)22-21-12-14-10-17(27-4)18(28-5)11-16(14)23(25)26/h6-12H,1-5H3,(H,22,24)/b21-12-. The average molecular weight is 385 g/mol. The van der Waals surface area contributed by atoms with Gasteiger partial charge in [0.05, 0.1) is 37.0 Å². The van der Waals surface area contributed by atoms with Gasteiger partial charge in [-0.2, -0.15) is 5.10 Å². The Morgan fingerprint density at radius 3 is 2.18 bits per heavy atom. The highest BCUT2D eigenvalue weighted by atomic mass is 16.6. The third-order valence-corrected chi connectivity index (χ3v) is 4.11. The molecule has 8 heteroatoms. The number of carbonyl (C=O) groups is 1. The number of nitrogens with one attached hydrogen (secondary N) is 1. The topological polar surface area (TPSA) is 103 Å². The first-order valence-electron chi connectivity index (χ1n) is 8.51. The van der Waals surface area contributed by atoms with Crippen molar-refractivity contribution in [2.24, 2.45) is 5.10 Å². The zero-order valence-corrected chi connectivity index (χ0v) is 16.5. The molecular formula is C20H23N3O5. The maximum Gasteiger partial charge on any atom is 0.282 e. The first kappa shape index (κ1) is 20.9. The third kappa shape index (κ3) is 4.85. The Bertz CT molecular complexity index is 899. The van der Waals surface area contributed by atoms with E-state index in [1.807, 2.05) is 12.1 Å². The van der Waals surface area contributed by atoms with E-state index in [0.29, 0.717) is 11.3 Å². The summed E-state index contributed by atoms with van der Waals surface area (Å²) in [5, 5.41) is 15.1. The molecule has 1 amide bonds. The molecule has 0 aromatic heterocycles. The van der Waals surface area contributed by atoms with Crippen LogP contribution in [-0.2, 0) is 5.41 Å². The van der Waals surface area contributed by atoms with Crippen molar-refractivity contribution in [3.8, 4) is 11.5 Å². The van der Waals surface area contributed by atoms with Crippen molar-refractivity contribution in [3.05, 3.63) is 63.2 Å². The number of hydrogen-bond acceptors (Lipinski definition) is 6. The normalized spacial score (nSPS) is 11.3. The van der Waals surface area contributed by atoms with Crippen LogP contribution < -0.4 is 14.9 Å². The fourth-order valence-corrected chi connectivity index (χ4v) is 2.49. The number of nitrogens with zero attached hydrogens (tertiary/aromatic N) is 2. The van der Waals surface area contributed by atoms with E-state index in [1.54, 1.807) is 12.1 Å². The molecular weight excluding hydrogens is 362 g/mol. The van der Waals surface area contributed by atoms with E-state index < -0.39 is 10.8 Å². The third-order valence-electron chi connectivity index (χ3n) is 4.11. The van der Waals surface area contributed by atoms with Crippen LogP contribution in [0, 0.1) is 10.1 Å².